The van der Waals surface area contributed by atoms with Gasteiger partial charge in [-0.15, -0.1) is 0 Å². The minimum atomic E-state index is 0.0660. The molecule has 0 radical (unpaired) electrons. The number of carbonyl (C=O) groups excluding carboxylic acids is 1. The van der Waals surface area contributed by atoms with E-state index in [1.807, 2.05) is 47.5 Å². The van der Waals surface area contributed by atoms with Crippen molar-refractivity contribution >= 4 is 5.91 Å². The minimum absolute atomic E-state index is 0.0660. The third-order valence-corrected chi connectivity index (χ3v) is 5.75. The number of hydrogen-bond acceptors (Lipinski definition) is 2. The lowest BCUT2D eigenvalue weighted by atomic mass is 10.00. The first-order valence-electron chi connectivity index (χ1n) is 9.78. The van der Waals surface area contributed by atoms with E-state index in [-0.39, 0.29) is 24.0 Å². The van der Waals surface area contributed by atoms with E-state index in [2.05, 4.69) is 58.4 Å². The Morgan fingerprint density at radius 1 is 0.821 bits per heavy atom. The van der Waals surface area contributed by atoms with E-state index in [0.29, 0.717) is 6.54 Å². The minimum Gasteiger partial charge on any atom is -0.334 e. The van der Waals surface area contributed by atoms with Crippen LogP contribution in [0.25, 0.3) is 0 Å². The van der Waals surface area contributed by atoms with Gasteiger partial charge in [-0.3, -0.25) is 4.79 Å². The van der Waals surface area contributed by atoms with E-state index in [1.165, 1.54) is 5.56 Å². The Balaban J connectivity index is 1.44. The topological polar surface area (TPSA) is 37.3 Å². The molecule has 140 valence electrons. The molecule has 2 aliphatic rings. The molecule has 0 saturated heterocycles. The first-order chi connectivity index (χ1) is 13.8. The highest BCUT2D eigenvalue weighted by molar-refractivity contribution is 5.94. The van der Waals surface area contributed by atoms with Gasteiger partial charge in [0.25, 0.3) is 5.91 Å². The smallest absolute Gasteiger partial charge is 0.271 e. The molecular weight excluding hydrogens is 346 g/mol. The van der Waals surface area contributed by atoms with E-state index >= 15 is 0 Å². The molecule has 0 saturated carbocycles. The second kappa shape index (κ2) is 7.13. The summed E-state index contributed by atoms with van der Waals surface area (Å²) in [5.41, 5.74) is 3.17. The lowest BCUT2D eigenvalue weighted by Gasteiger charge is -2.42. The largest absolute Gasteiger partial charge is 0.334 e. The second-order valence-electron chi connectivity index (χ2n) is 7.48. The molecule has 1 aliphatic carbocycles. The van der Waals surface area contributed by atoms with Gasteiger partial charge in [-0.05, 0) is 23.3 Å². The summed E-state index contributed by atoms with van der Waals surface area (Å²) >= 11 is 0. The molecule has 5 rings (SSSR count). The Hall–Kier alpha value is -3.11. The van der Waals surface area contributed by atoms with E-state index in [1.54, 1.807) is 0 Å². The average Bonchev–Trinajstić information content (AvgIpc) is 3.38. The van der Waals surface area contributed by atoms with E-state index < -0.39 is 0 Å². The molecule has 0 unspecified atom stereocenters. The number of benzene rings is 2. The van der Waals surface area contributed by atoms with Crippen molar-refractivity contribution in [2.24, 2.45) is 0 Å². The SMILES string of the molecule is O=C1c2cccn2[C@@H]2C=C[C@@H](NCc3ccccc3)[C@@H]2N1Cc1ccccc1. The number of fused-ring (bicyclic) bond motifs is 3. The number of rotatable bonds is 5. The molecule has 1 aromatic heterocycles. The second-order valence-corrected chi connectivity index (χ2v) is 7.48. The van der Waals surface area contributed by atoms with Crippen molar-refractivity contribution in [2.75, 3.05) is 0 Å². The molecule has 2 aromatic carbocycles. The summed E-state index contributed by atoms with van der Waals surface area (Å²) in [5, 5.41) is 3.66. The molecule has 4 nitrogen and oxygen atoms in total. The van der Waals surface area contributed by atoms with Gasteiger partial charge in [0, 0.05) is 25.3 Å². The van der Waals surface area contributed by atoms with Crippen molar-refractivity contribution in [3.63, 3.8) is 0 Å². The van der Waals surface area contributed by atoms with Gasteiger partial charge in [-0.2, -0.15) is 0 Å². The molecule has 1 amide bonds. The Morgan fingerprint density at radius 3 is 2.29 bits per heavy atom. The van der Waals surface area contributed by atoms with Gasteiger partial charge in [-0.25, -0.2) is 0 Å². The highest BCUT2D eigenvalue weighted by Crippen LogP contribution is 2.36. The molecule has 0 fully saturated rings. The molecule has 28 heavy (non-hydrogen) atoms. The fourth-order valence-electron chi connectivity index (χ4n) is 4.40. The van der Waals surface area contributed by atoms with E-state index in [9.17, 15) is 4.79 Å². The number of amides is 1. The predicted octanol–water partition coefficient (Wildman–Crippen LogP) is 3.78. The molecule has 0 spiro atoms. The van der Waals surface area contributed by atoms with Crippen LogP contribution in [0, 0.1) is 0 Å². The number of carbonyl (C=O) groups is 1. The van der Waals surface area contributed by atoms with Crippen LogP contribution >= 0.6 is 0 Å². The van der Waals surface area contributed by atoms with Gasteiger partial charge >= 0.3 is 0 Å². The first-order valence-corrected chi connectivity index (χ1v) is 9.78. The molecule has 3 aromatic rings. The number of hydrogen-bond donors (Lipinski definition) is 1. The van der Waals surface area contributed by atoms with Crippen molar-refractivity contribution < 1.29 is 4.79 Å². The first kappa shape index (κ1) is 17.0. The fraction of sp³-hybridized carbons (Fsp3) is 0.208. The highest BCUT2D eigenvalue weighted by Gasteiger charge is 2.44. The van der Waals surface area contributed by atoms with Crippen molar-refractivity contribution in [3.8, 4) is 0 Å². The molecule has 3 atom stereocenters. The third kappa shape index (κ3) is 2.96. The third-order valence-electron chi connectivity index (χ3n) is 5.75. The zero-order valence-corrected chi connectivity index (χ0v) is 15.6. The van der Waals surface area contributed by atoms with Gasteiger partial charge in [0.1, 0.15) is 5.69 Å². The summed E-state index contributed by atoms with van der Waals surface area (Å²) in [6, 6.07) is 24.9. The molecular formula is C24H23N3O. The maximum Gasteiger partial charge on any atom is 0.271 e. The van der Waals surface area contributed by atoms with Crippen LogP contribution in [-0.2, 0) is 13.1 Å². The summed E-state index contributed by atoms with van der Waals surface area (Å²) in [7, 11) is 0. The quantitative estimate of drug-likeness (QED) is 0.695. The van der Waals surface area contributed by atoms with E-state index in [0.717, 1.165) is 17.8 Å². The fourth-order valence-corrected chi connectivity index (χ4v) is 4.40. The lowest BCUT2D eigenvalue weighted by Crippen LogP contribution is -2.55. The van der Waals surface area contributed by atoms with Crippen LogP contribution in [0.5, 0.6) is 0 Å². The normalized spacial score (nSPS) is 22.9. The Morgan fingerprint density at radius 2 is 1.54 bits per heavy atom. The number of aromatic nitrogens is 1. The van der Waals surface area contributed by atoms with Gasteiger partial charge in [0.05, 0.1) is 12.1 Å². The monoisotopic (exact) mass is 369 g/mol. The Bertz CT molecular complexity index is 993. The summed E-state index contributed by atoms with van der Waals surface area (Å²) in [6.45, 7) is 1.40. The Labute approximate surface area is 165 Å². The van der Waals surface area contributed by atoms with Crippen LogP contribution in [0.2, 0.25) is 0 Å². The van der Waals surface area contributed by atoms with Gasteiger partial charge in [-0.1, -0.05) is 72.8 Å². The summed E-state index contributed by atoms with van der Waals surface area (Å²) < 4.78 is 2.12. The highest BCUT2D eigenvalue weighted by atomic mass is 16.2. The van der Waals surface area contributed by atoms with Gasteiger partial charge in [0.2, 0.25) is 0 Å². The number of nitrogens with zero attached hydrogens (tertiary/aromatic N) is 2. The van der Waals surface area contributed by atoms with Crippen molar-refractivity contribution in [3.05, 3.63) is 108 Å². The molecule has 2 heterocycles. The van der Waals surface area contributed by atoms with Crippen LogP contribution in [0.4, 0.5) is 0 Å². The zero-order chi connectivity index (χ0) is 18.9. The summed E-state index contributed by atoms with van der Waals surface area (Å²) in [5.74, 6) is 0.102. The Kier molecular flexibility index (Phi) is 4.34. The van der Waals surface area contributed by atoms with Crippen LogP contribution in [0.15, 0.2) is 91.1 Å². The predicted molar refractivity (Wildman–Crippen MR) is 110 cm³/mol. The van der Waals surface area contributed by atoms with Crippen LogP contribution < -0.4 is 5.32 Å². The van der Waals surface area contributed by atoms with Crippen molar-refractivity contribution in [1.29, 1.82) is 0 Å². The van der Waals surface area contributed by atoms with Crippen molar-refractivity contribution in [2.45, 2.75) is 31.2 Å². The molecule has 4 heteroatoms. The van der Waals surface area contributed by atoms with Gasteiger partial charge < -0.3 is 14.8 Å². The molecule has 0 bridgehead atoms. The molecule has 1 aliphatic heterocycles. The van der Waals surface area contributed by atoms with Crippen LogP contribution in [0.3, 0.4) is 0 Å². The van der Waals surface area contributed by atoms with Crippen molar-refractivity contribution in [1.82, 2.24) is 14.8 Å². The maximum absolute atomic E-state index is 13.3. The van der Waals surface area contributed by atoms with Crippen LogP contribution in [0.1, 0.15) is 27.7 Å². The summed E-state index contributed by atoms with van der Waals surface area (Å²) in [6.07, 6.45) is 6.48. The maximum atomic E-state index is 13.3. The lowest BCUT2D eigenvalue weighted by molar-refractivity contribution is 0.0517. The molecule has 1 N–H and O–H groups in total. The van der Waals surface area contributed by atoms with E-state index in [4.69, 9.17) is 0 Å². The standard InChI is InChI=1S/C24H23N3O/c28-24-22-12-7-15-26(22)21-14-13-20(25-16-18-8-3-1-4-9-18)23(21)27(24)17-19-10-5-2-6-11-19/h1-15,20-21,23,25H,16-17H2/t20-,21-,23+/m1/s1. The number of nitrogens with one attached hydrogen (secondary N) is 1. The van der Waals surface area contributed by atoms with Crippen LogP contribution in [-0.4, -0.2) is 27.5 Å². The average molecular weight is 369 g/mol. The van der Waals surface area contributed by atoms with Gasteiger partial charge in [0.15, 0.2) is 0 Å². The zero-order valence-electron chi connectivity index (χ0n) is 15.6. The summed E-state index contributed by atoms with van der Waals surface area (Å²) in [4.78, 5) is 15.3.